The standard InChI is InChI=1S/C14H14N2O2S/c1-2-12(10-5-7-11(17)8-6-10)15-16-14(18)13-4-3-9-19-13/h3-9,17H,2H2,1H3,(H,16,18). The highest BCUT2D eigenvalue weighted by Crippen LogP contribution is 2.12. The van der Waals surface area contributed by atoms with Gasteiger partial charge in [-0.1, -0.05) is 13.0 Å². The lowest BCUT2D eigenvalue weighted by molar-refractivity contribution is 0.0959. The topological polar surface area (TPSA) is 61.7 Å². The minimum Gasteiger partial charge on any atom is -0.508 e. The maximum Gasteiger partial charge on any atom is 0.281 e. The Morgan fingerprint density at radius 1 is 1.32 bits per heavy atom. The van der Waals surface area contributed by atoms with Crippen molar-refractivity contribution in [2.75, 3.05) is 0 Å². The average Bonchev–Trinajstić information content (AvgIpc) is 2.95. The fourth-order valence-corrected chi connectivity index (χ4v) is 2.20. The Kier molecular flexibility index (Phi) is 4.30. The summed E-state index contributed by atoms with van der Waals surface area (Å²) in [5.41, 5.74) is 4.20. The predicted octanol–water partition coefficient (Wildman–Crippen LogP) is 3.00. The Bertz CT molecular complexity index is 574. The second-order valence-corrected chi connectivity index (χ2v) is 4.82. The van der Waals surface area contributed by atoms with Crippen LogP contribution in [-0.2, 0) is 0 Å². The molecule has 0 atom stereocenters. The molecule has 0 aliphatic carbocycles. The van der Waals surface area contributed by atoms with Gasteiger partial charge < -0.3 is 5.11 Å². The Morgan fingerprint density at radius 2 is 2.05 bits per heavy atom. The third-order valence-corrected chi connectivity index (χ3v) is 3.44. The van der Waals surface area contributed by atoms with Crippen LogP contribution in [0.5, 0.6) is 5.75 Å². The van der Waals surface area contributed by atoms with Crippen LogP contribution in [0.2, 0.25) is 0 Å². The number of hydrogen-bond acceptors (Lipinski definition) is 4. The van der Waals surface area contributed by atoms with Crippen molar-refractivity contribution < 1.29 is 9.90 Å². The van der Waals surface area contributed by atoms with Gasteiger partial charge in [-0.2, -0.15) is 5.10 Å². The summed E-state index contributed by atoms with van der Waals surface area (Å²) in [6.07, 6.45) is 0.690. The van der Waals surface area contributed by atoms with Crippen LogP contribution >= 0.6 is 11.3 Å². The van der Waals surface area contributed by atoms with Gasteiger partial charge in [-0.3, -0.25) is 4.79 Å². The van der Waals surface area contributed by atoms with Gasteiger partial charge >= 0.3 is 0 Å². The summed E-state index contributed by atoms with van der Waals surface area (Å²) in [6, 6.07) is 10.3. The Labute approximate surface area is 115 Å². The zero-order chi connectivity index (χ0) is 13.7. The maximum absolute atomic E-state index is 11.8. The first kappa shape index (κ1) is 13.3. The van der Waals surface area contributed by atoms with Crippen molar-refractivity contribution in [2.45, 2.75) is 13.3 Å². The van der Waals surface area contributed by atoms with E-state index >= 15 is 0 Å². The molecule has 19 heavy (non-hydrogen) atoms. The van der Waals surface area contributed by atoms with E-state index in [1.165, 1.54) is 11.3 Å². The molecule has 0 radical (unpaired) electrons. The lowest BCUT2D eigenvalue weighted by Crippen LogP contribution is -2.18. The van der Waals surface area contributed by atoms with E-state index in [0.717, 1.165) is 11.3 Å². The van der Waals surface area contributed by atoms with Crippen molar-refractivity contribution in [3.8, 4) is 5.75 Å². The number of nitrogens with zero attached hydrogens (tertiary/aromatic N) is 1. The molecular formula is C14H14N2O2S. The summed E-state index contributed by atoms with van der Waals surface area (Å²) in [6.45, 7) is 1.96. The van der Waals surface area contributed by atoms with Crippen molar-refractivity contribution in [2.24, 2.45) is 5.10 Å². The van der Waals surface area contributed by atoms with Gasteiger partial charge in [0.2, 0.25) is 0 Å². The monoisotopic (exact) mass is 274 g/mol. The van der Waals surface area contributed by atoms with Crippen molar-refractivity contribution in [3.05, 3.63) is 52.2 Å². The number of amides is 1. The fourth-order valence-electron chi connectivity index (χ4n) is 1.58. The molecule has 0 aliphatic rings. The molecule has 5 heteroatoms. The van der Waals surface area contributed by atoms with E-state index in [1.54, 1.807) is 30.3 Å². The van der Waals surface area contributed by atoms with Gasteiger partial charge in [0.05, 0.1) is 10.6 Å². The third-order valence-electron chi connectivity index (χ3n) is 2.57. The van der Waals surface area contributed by atoms with Gasteiger partial charge in [-0.15, -0.1) is 11.3 Å². The van der Waals surface area contributed by atoms with Gasteiger partial charge in [-0.25, -0.2) is 5.43 Å². The Morgan fingerprint density at radius 3 is 2.63 bits per heavy atom. The van der Waals surface area contributed by atoms with E-state index in [9.17, 15) is 9.90 Å². The smallest absolute Gasteiger partial charge is 0.281 e. The first-order valence-corrected chi connectivity index (χ1v) is 6.78. The molecule has 4 nitrogen and oxygen atoms in total. The third kappa shape index (κ3) is 3.42. The molecule has 0 unspecified atom stereocenters. The summed E-state index contributed by atoms with van der Waals surface area (Å²) in [5.74, 6) is 0.00144. The van der Waals surface area contributed by atoms with Crippen molar-refractivity contribution >= 4 is 23.0 Å². The molecule has 0 saturated carbocycles. The van der Waals surface area contributed by atoms with Gasteiger partial charge in [0, 0.05) is 0 Å². The number of benzene rings is 1. The molecule has 1 aromatic carbocycles. The molecule has 2 N–H and O–H groups in total. The van der Waals surface area contributed by atoms with E-state index in [4.69, 9.17) is 0 Å². The summed E-state index contributed by atoms with van der Waals surface area (Å²) in [4.78, 5) is 12.4. The van der Waals surface area contributed by atoms with E-state index in [0.29, 0.717) is 11.3 Å². The molecule has 0 aliphatic heterocycles. The second-order valence-electron chi connectivity index (χ2n) is 3.88. The normalized spacial score (nSPS) is 11.3. The zero-order valence-corrected chi connectivity index (χ0v) is 11.3. The van der Waals surface area contributed by atoms with Crippen molar-refractivity contribution in [1.82, 2.24) is 5.43 Å². The highest BCUT2D eigenvalue weighted by atomic mass is 32.1. The molecule has 2 aromatic rings. The number of rotatable bonds is 4. The van der Waals surface area contributed by atoms with Crippen molar-refractivity contribution in [3.63, 3.8) is 0 Å². The number of hydrogen-bond donors (Lipinski definition) is 2. The first-order valence-electron chi connectivity index (χ1n) is 5.90. The Balaban J connectivity index is 2.11. The average molecular weight is 274 g/mol. The van der Waals surface area contributed by atoms with Gasteiger partial charge in [-0.05, 0) is 47.7 Å². The van der Waals surface area contributed by atoms with Crippen LogP contribution in [0, 0.1) is 0 Å². The number of aromatic hydroxyl groups is 1. The first-order chi connectivity index (χ1) is 9.20. The lowest BCUT2D eigenvalue weighted by Gasteiger charge is -2.04. The van der Waals surface area contributed by atoms with E-state index in [-0.39, 0.29) is 11.7 Å². The highest BCUT2D eigenvalue weighted by molar-refractivity contribution is 7.12. The fraction of sp³-hybridized carbons (Fsp3) is 0.143. The largest absolute Gasteiger partial charge is 0.508 e. The molecule has 1 heterocycles. The van der Waals surface area contributed by atoms with E-state index in [1.807, 2.05) is 18.4 Å². The molecule has 0 saturated heterocycles. The number of carbonyl (C=O) groups is 1. The van der Waals surface area contributed by atoms with Crippen LogP contribution in [0.1, 0.15) is 28.6 Å². The van der Waals surface area contributed by atoms with E-state index < -0.39 is 0 Å². The molecule has 0 spiro atoms. The van der Waals surface area contributed by atoms with Crippen LogP contribution in [0.25, 0.3) is 0 Å². The molecule has 98 valence electrons. The van der Waals surface area contributed by atoms with Gasteiger partial charge in [0.1, 0.15) is 5.75 Å². The molecule has 0 fully saturated rings. The van der Waals surface area contributed by atoms with Crippen LogP contribution < -0.4 is 5.43 Å². The second kappa shape index (κ2) is 6.15. The summed E-state index contributed by atoms with van der Waals surface area (Å²) >= 11 is 1.37. The quantitative estimate of drug-likeness (QED) is 0.665. The van der Waals surface area contributed by atoms with Crippen LogP contribution in [0.15, 0.2) is 46.9 Å². The molecular weight excluding hydrogens is 260 g/mol. The molecule has 0 bridgehead atoms. The van der Waals surface area contributed by atoms with Gasteiger partial charge in [0.25, 0.3) is 5.91 Å². The molecule has 1 aromatic heterocycles. The number of phenolic OH excluding ortho intramolecular Hbond substituents is 1. The summed E-state index contributed by atoms with van der Waals surface area (Å²) in [7, 11) is 0. The molecule has 2 rings (SSSR count). The predicted molar refractivity (Wildman–Crippen MR) is 76.7 cm³/mol. The number of nitrogens with one attached hydrogen (secondary N) is 1. The van der Waals surface area contributed by atoms with Crippen LogP contribution in [0.3, 0.4) is 0 Å². The minimum absolute atomic E-state index is 0.209. The number of phenols is 1. The SMILES string of the molecule is CCC(=NNC(=O)c1cccs1)c1ccc(O)cc1. The molecule has 1 amide bonds. The lowest BCUT2D eigenvalue weighted by atomic mass is 10.1. The highest BCUT2D eigenvalue weighted by Gasteiger charge is 2.06. The maximum atomic E-state index is 11.8. The van der Waals surface area contributed by atoms with E-state index in [2.05, 4.69) is 10.5 Å². The Hall–Kier alpha value is -2.14. The number of hydrazone groups is 1. The van der Waals surface area contributed by atoms with Crippen LogP contribution in [-0.4, -0.2) is 16.7 Å². The zero-order valence-electron chi connectivity index (χ0n) is 10.5. The number of carbonyl (C=O) groups excluding carboxylic acids is 1. The number of thiophene rings is 1. The summed E-state index contributed by atoms with van der Waals surface area (Å²) in [5, 5.41) is 15.2. The van der Waals surface area contributed by atoms with Gasteiger partial charge in [0.15, 0.2) is 0 Å². The van der Waals surface area contributed by atoms with Crippen LogP contribution in [0.4, 0.5) is 0 Å². The van der Waals surface area contributed by atoms with Crippen molar-refractivity contribution in [1.29, 1.82) is 0 Å². The minimum atomic E-state index is -0.209. The summed E-state index contributed by atoms with van der Waals surface area (Å²) < 4.78 is 0.